The second-order valence-electron chi connectivity index (χ2n) is 8.57. The molecule has 0 aliphatic heterocycles. The molecule has 0 heterocycles. The number of carbonyl (C=O) groups excluding carboxylic acids is 1. The van der Waals surface area contributed by atoms with Gasteiger partial charge in [-0.2, -0.15) is 0 Å². The number of esters is 1. The fraction of sp³-hybridized carbons (Fsp3) is 0.640. The van der Waals surface area contributed by atoms with Crippen LogP contribution < -0.4 is 0 Å². The van der Waals surface area contributed by atoms with E-state index in [0.29, 0.717) is 5.56 Å². The third kappa shape index (κ3) is 5.70. The summed E-state index contributed by atoms with van der Waals surface area (Å²) in [6.07, 6.45) is 15.9. The molecular formula is C25H36O2. The first kappa shape index (κ1) is 20.2. The van der Waals surface area contributed by atoms with Crippen LogP contribution in [0.3, 0.4) is 0 Å². The maximum Gasteiger partial charge on any atom is 0.338 e. The molecule has 1 unspecified atom stereocenters. The molecule has 148 valence electrons. The average Bonchev–Trinajstić information content (AvgIpc) is 2.71. The highest BCUT2D eigenvalue weighted by atomic mass is 16.5. The summed E-state index contributed by atoms with van der Waals surface area (Å²) in [5.74, 6) is 1.55. The van der Waals surface area contributed by atoms with E-state index in [9.17, 15) is 4.79 Å². The van der Waals surface area contributed by atoms with Gasteiger partial charge in [-0.1, -0.05) is 57.7 Å². The second kappa shape index (κ2) is 10.1. The maximum atomic E-state index is 12.5. The van der Waals surface area contributed by atoms with Crippen LogP contribution >= 0.6 is 0 Å². The van der Waals surface area contributed by atoms with Crippen LogP contribution in [-0.4, -0.2) is 12.1 Å². The molecule has 2 heteroatoms. The van der Waals surface area contributed by atoms with E-state index in [1.165, 1.54) is 62.5 Å². The summed E-state index contributed by atoms with van der Waals surface area (Å²) in [5.41, 5.74) is 3.40. The van der Waals surface area contributed by atoms with Crippen LogP contribution in [0, 0.1) is 11.8 Å². The molecule has 2 aliphatic carbocycles. The van der Waals surface area contributed by atoms with E-state index in [1.807, 2.05) is 12.1 Å². The van der Waals surface area contributed by atoms with Gasteiger partial charge in [0.25, 0.3) is 0 Å². The lowest BCUT2D eigenvalue weighted by Gasteiger charge is -2.28. The van der Waals surface area contributed by atoms with Crippen molar-refractivity contribution in [1.82, 2.24) is 0 Å². The zero-order valence-electron chi connectivity index (χ0n) is 17.2. The minimum absolute atomic E-state index is 0.113. The Kier molecular flexibility index (Phi) is 7.55. The first-order chi connectivity index (χ1) is 13.2. The van der Waals surface area contributed by atoms with E-state index >= 15 is 0 Å². The average molecular weight is 369 g/mol. The number of hydrogen-bond donors (Lipinski definition) is 0. The zero-order chi connectivity index (χ0) is 19.1. The fourth-order valence-corrected chi connectivity index (χ4v) is 4.81. The van der Waals surface area contributed by atoms with Gasteiger partial charge >= 0.3 is 5.97 Å². The predicted octanol–water partition coefficient (Wildman–Crippen LogP) is 7.19. The molecule has 1 fully saturated rings. The number of allylic oxidation sites excluding steroid dienone is 2. The van der Waals surface area contributed by atoms with Gasteiger partial charge in [-0.15, -0.1) is 0 Å². The summed E-state index contributed by atoms with van der Waals surface area (Å²) in [6, 6.07) is 8.08. The van der Waals surface area contributed by atoms with E-state index in [0.717, 1.165) is 31.1 Å². The smallest absolute Gasteiger partial charge is 0.338 e. The summed E-state index contributed by atoms with van der Waals surface area (Å²) in [5, 5.41) is 0. The lowest BCUT2D eigenvalue weighted by Crippen LogP contribution is -2.24. The molecule has 1 atom stereocenters. The fourth-order valence-electron chi connectivity index (χ4n) is 4.81. The van der Waals surface area contributed by atoms with E-state index < -0.39 is 0 Å². The van der Waals surface area contributed by atoms with Crippen molar-refractivity contribution < 1.29 is 9.53 Å². The van der Waals surface area contributed by atoms with Gasteiger partial charge in [0.1, 0.15) is 6.10 Å². The highest BCUT2D eigenvalue weighted by molar-refractivity contribution is 5.90. The molecule has 0 bridgehead atoms. The van der Waals surface area contributed by atoms with Crippen molar-refractivity contribution in [2.75, 3.05) is 0 Å². The monoisotopic (exact) mass is 368 g/mol. The first-order valence-corrected chi connectivity index (χ1v) is 11.2. The molecule has 2 aliphatic rings. The second-order valence-corrected chi connectivity index (χ2v) is 8.57. The lowest BCUT2D eigenvalue weighted by molar-refractivity contribution is 0.0161. The standard InChI is InChI=1S/C25H36O2/c1-3-5-19-7-11-21(12-8-19)22-13-15-23(16-14-22)25(26)27-24-17-9-20(6-4-2)10-18-24/h11,13-16,19-20,24H,3-10,12,17-18H2,1-2H3. The normalized spacial score (nSPS) is 25.7. The number of benzene rings is 1. The molecule has 0 aromatic heterocycles. The maximum absolute atomic E-state index is 12.5. The van der Waals surface area contributed by atoms with Crippen LogP contribution in [0.2, 0.25) is 0 Å². The third-order valence-corrected chi connectivity index (χ3v) is 6.47. The third-order valence-electron chi connectivity index (χ3n) is 6.47. The Labute approximate surface area is 165 Å². The number of rotatable bonds is 7. The van der Waals surface area contributed by atoms with Crippen molar-refractivity contribution in [3.05, 3.63) is 41.5 Å². The zero-order valence-corrected chi connectivity index (χ0v) is 17.2. The van der Waals surface area contributed by atoms with Crippen molar-refractivity contribution in [3.63, 3.8) is 0 Å². The van der Waals surface area contributed by atoms with Gasteiger partial charge in [0, 0.05) is 0 Å². The van der Waals surface area contributed by atoms with Crippen LogP contribution in [0.15, 0.2) is 30.3 Å². The molecule has 1 saturated carbocycles. The SMILES string of the molecule is CCCC1CC=C(c2ccc(C(=O)OC3CCC(CCC)CC3)cc2)CC1. The molecule has 0 amide bonds. The Bertz CT molecular complexity index is 620. The molecular weight excluding hydrogens is 332 g/mol. The van der Waals surface area contributed by atoms with Gasteiger partial charge in [-0.25, -0.2) is 4.79 Å². The minimum Gasteiger partial charge on any atom is -0.459 e. The Morgan fingerprint density at radius 2 is 1.59 bits per heavy atom. The molecule has 1 aromatic carbocycles. The molecule has 0 spiro atoms. The molecule has 2 nitrogen and oxygen atoms in total. The van der Waals surface area contributed by atoms with E-state index in [-0.39, 0.29) is 12.1 Å². The number of hydrogen-bond acceptors (Lipinski definition) is 2. The molecule has 3 rings (SSSR count). The predicted molar refractivity (Wildman–Crippen MR) is 113 cm³/mol. The van der Waals surface area contributed by atoms with Gasteiger partial charge in [-0.3, -0.25) is 0 Å². The van der Waals surface area contributed by atoms with Crippen molar-refractivity contribution in [3.8, 4) is 0 Å². The van der Waals surface area contributed by atoms with E-state index in [4.69, 9.17) is 4.74 Å². The van der Waals surface area contributed by atoms with Crippen molar-refractivity contribution >= 4 is 11.5 Å². The minimum atomic E-state index is -0.152. The Morgan fingerprint density at radius 1 is 0.926 bits per heavy atom. The van der Waals surface area contributed by atoms with Crippen LogP contribution in [0.25, 0.3) is 5.57 Å². The Balaban J connectivity index is 1.51. The topological polar surface area (TPSA) is 26.3 Å². The summed E-state index contributed by atoms with van der Waals surface area (Å²) in [6.45, 7) is 4.52. The highest BCUT2D eigenvalue weighted by Gasteiger charge is 2.24. The van der Waals surface area contributed by atoms with Gasteiger partial charge in [0.15, 0.2) is 0 Å². The van der Waals surface area contributed by atoms with Crippen molar-refractivity contribution in [1.29, 1.82) is 0 Å². The molecule has 0 radical (unpaired) electrons. The molecule has 0 saturated heterocycles. The van der Waals surface area contributed by atoms with Crippen LogP contribution in [0.5, 0.6) is 0 Å². The van der Waals surface area contributed by atoms with Crippen LogP contribution in [0.1, 0.15) is 100 Å². The van der Waals surface area contributed by atoms with Crippen LogP contribution in [0.4, 0.5) is 0 Å². The van der Waals surface area contributed by atoms with E-state index in [1.54, 1.807) is 0 Å². The Hall–Kier alpha value is -1.57. The van der Waals surface area contributed by atoms with Crippen LogP contribution in [-0.2, 0) is 4.74 Å². The highest BCUT2D eigenvalue weighted by Crippen LogP contribution is 2.33. The number of ether oxygens (including phenoxy) is 1. The largest absolute Gasteiger partial charge is 0.459 e. The van der Waals surface area contributed by atoms with Crippen molar-refractivity contribution in [2.24, 2.45) is 11.8 Å². The van der Waals surface area contributed by atoms with Crippen molar-refractivity contribution in [2.45, 2.75) is 90.6 Å². The molecule has 1 aromatic rings. The summed E-state index contributed by atoms with van der Waals surface area (Å²) >= 11 is 0. The van der Waals surface area contributed by atoms with Gasteiger partial charge in [-0.05, 0) is 80.1 Å². The summed E-state index contributed by atoms with van der Waals surface area (Å²) in [7, 11) is 0. The summed E-state index contributed by atoms with van der Waals surface area (Å²) < 4.78 is 5.78. The first-order valence-electron chi connectivity index (χ1n) is 11.2. The van der Waals surface area contributed by atoms with Gasteiger partial charge in [0.2, 0.25) is 0 Å². The number of carbonyl (C=O) groups is 1. The molecule has 0 N–H and O–H groups in total. The Morgan fingerprint density at radius 3 is 2.19 bits per heavy atom. The molecule has 27 heavy (non-hydrogen) atoms. The van der Waals surface area contributed by atoms with Gasteiger partial charge in [0.05, 0.1) is 5.56 Å². The quantitative estimate of drug-likeness (QED) is 0.476. The van der Waals surface area contributed by atoms with E-state index in [2.05, 4.69) is 32.1 Å². The summed E-state index contributed by atoms with van der Waals surface area (Å²) in [4.78, 5) is 12.5. The lowest BCUT2D eigenvalue weighted by atomic mass is 9.84. The van der Waals surface area contributed by atoms with Gasteiger partial charge < -0.3 is 4.74 Å².